The van der Waals surface area contributed by atoms with E-state index in [1.807, 2.05) is 0 Å². The molecule has 2 aliphatic rings. The molecule has 0 amide bonds. The van der Waals surface area contributed by atoms with E-state index in [0.717, 1.165) is 45.1 Å². The number of rotatable bonds is 10. The van der Waals surface area contributed by atoms with Crippen LogP contribution in [0.15, 0.2) is 30.5 Å². The number of benzene rings is 1. The van der Waals surface area contributed by atoms with E-state index in [1.165, 1.54) is 67.7 Å². The second kappa shape index (κ2) is 11.4. The predicted molar refractivity (Wildman–Crippen MR) is 131 cm³/mol. The molecule has 2 aromatic rings. The molecule has 0 bridgehead atoms. The van der Waals surface area contributed by atoms with Crippen LogP contribution in [0, 0.1) is 19.8 Å². The normalized spacial score (nSPS) is 20.4. The van der Waals surface area contributed by atoms with Gasteiger partial charge in [0.1, 0.15) is 0 Å². The molecule has 0 spiro atoms. The first kappa shape index (κ1) is 23.5. The quantitative estimate of drug-likeness (QED) is 0.533. The van der Waals surface area contributed by atoms with Crippen molar-refractivity contribution in [2.24, 2.45) is 5.92 Å². The highest BCUT2D eigenvalue weighted by atomic mass is 16.5. The number of hydrogen-bond acceptors (Lipinski definition) is 4. The van der Waals surface area contributed by atoms with E-state index >= 15 is 0 Å². The lowest BCUT2D eigenvalue weighted by Gasteiger charge is -2.35. The highest BCUT2D eigenvalue weighted by Crippen LogP contribution is 2.24. The maximum Gasteiger partial charge on any atom is 0.0702 e. The number of aryl methyl sites for hydroxylation is 3. The summed E-state index contributed by atoms with van der Waals surface area (Å²) in [7, 11) is 0. The zero-order valence-corrected chi connectivity index (χ0v) is 20.4. The fourth-order valence-electron chi connectivity index (χ4n) is 5.30. The maximum absolute atomic E-state index is 6.01. The number of likely N-dealkylation sites (tertiary alicyclic amines) is 1. The first-order valence-electron chi connectivity index (χ1n) is 12.7. The van der Waals surface area contributed by atoms with Crippen molar-refractivity contribution in [3.8, 4) is 0 Å². The third-order valence-electron chi connectivity index (χ3n) is 7.26. The molecule has 0 N–H and O–H groups in total. The van der Waals surface area contributed by atoms with Gasteiger partial charge in [-0.1, -0.05) is 31.2 Å². The van der Waals surface area contributed by atoms with Crippen molar-refractivity contribution in [1.82, 2.24) is 19.6 Å². The Labute approximate surface area is 194 Å². The molecule has 2 aliphatic heterocycles. The SMILES string of the molecule is CCCn1cc(CN(CC2CCN(Cc3ccccc3C)CC2)CC2CCCO2)c(C)n1. The van der Waals surface area contributed by atoms with Crippen molar-refractivity contribution >= 4 is 0 Å². The number of ether oxygens (including phenoxy) is 1. The minimum absolute atomic E-state index is 0.405. The van der Waals surface area contributed by atoms with Gasteiger partial charge in [-0.05, 0) is 76.1 Å². The first-order chi connectivity index (χ1) is 15.6. The third-order valence-corrected chi connectivity index (χ3v) is 7.26. The first-order valence-corrected chi connectivity index (χ1v) is 12.7. The molecule has 2 saturated heterocycles. The standard InChI is InChI=1S/C27H42N4O/c1-4-13-31-20-26(23(3)28-31)19-30(21-27-10-7-16-32-27)17-24-11-14-29(15-12-24)18-25-9-6-5-8-22(25)2/h5-6,8-9,20,24,27H,4,7,10-19,21H2,1-3H3. The third kappa shape index (κ3) is 6.43. The summed E-state index contributed by atoms with van der Waals surface area (Å²) in [5, 5.41) is 4.74. The lowest BCUT2D eigenvalue weighted by molar-refractivity contribution is 0.0569. The number of nitrogens with zero attached hydrogens (tertiary/aromatic N) is 4. The van der Waals surface area contributed by atoms with E-state index in [9.17, 15) is 0 Å². The van der Waals surface area contributed by atoms with Crippen LogP contribution in [-0.4, -0.2) is 58.5 Å². The van der Waals surface area contributed by atoms with Crippen LogP contribution in [0.25, 0.3) is 0 Å². The fourth-order valence-corrected chi connectivity index (χ4v) is 5.30. The van der Waals surface area contributed by atoms with Gasteiger partial charge >= 0.3 is 0 Å². The largest absolute Gasteiger partial charge is 0.377 e. The highest BCUT2D eigenvalue weighted by molar-refractivity contribution is 5.25. The Morgan fingerprint density at radius 1 is 1.06 bits per heavy atom. The molecule has 1 atom stereocenters. The second-order valence-corrected chi connectivity index (χ2v) is 9.98. The highest BCUT2D eigenvalue weighted by Gasteiger charge is 2.25. The van der Waals surface area contributed by atoms with Crippen LogP contribution >= 0.6 is 0 Å². The number of aromatic nitrogens is 2. The summed E-state index contributed by atoms with van der Waals surface area (Å²) in [6.45, 7) is 15.3. The fraction of sp³-hybridized carbons (Fsp3) is 0.667. The molecule has 0 aliphatic carbocycles. The molecule has 1 unspecified atom stereocenters. The summed E-state index contributed by atoms with van der Waals surface area (Å²) in [4.78, 5) is 5.31. The topological polar surface area (TPSA) is 33.5 Å². The molecule has 1 aromatic heterocycles. The molecule has 2 fully saturated rings. The van der Waals surface area contributed by atoms with E-state index in [0.29, 0.717) is 6.10 Å². The lowest BCUT2D eigenvalue weighted by Crippen LogP contribution is -2.40. The van der Waals surface area contributed by atoms with Gasteiger partial charge in [0.05, 0.1) is 11.8 Å². The number of hydrogen-bond donors (Lipinski definition) is 0. The smallest absolute Gasteiger partial charge is 0.0702 e. The average molecular weight is 439 g/mol. The molecular weight excluding hydrogens is 396 g/mol. The summed E-state index contributed by atoms with van der Waals surface area (Å²) >= 11 is 0. The maximum atomic E-state index is 6.01. The second-order valence-electron chi connectivity index (χ2n) is 9.98. The van der Waals surface area contributed by atoms with Gasteiger partial charge in [-0.25, -0.2) is 0 Å². The minimum atomic E-state index is 0.405. The molecule has 0 radical (unpaired) electrons. The molecular formula is C27H42N4O. The molecule has 1 aromatic carbocycles. The summed E-state index contributed by atoms with van der Waals surface area (Å²) in [5.41, 5.74) is 5.46. The van der Waals surface area contributed by atoms with Gasteiger partial charge in [0.2, 0.25) is 0 Å². The van der Waals surface area contributed by atoms with Crippen molar-refractivity contribution in [2.75, 3.05) is 32.8 Å². The molecule has 5 nitrogen and oxygen atoms in total. The minimum Gasteiger partial charge on any atom is -0.377 e. The summed E-state index contributed by atoms with van der Waals surface area (Å²) in [6.07, 6.45) is 8.81. The van der Waals surface area contributed by atoms with E-state index in [4.69, 9.17) is 9.84 Å². The predicted octanol–water partition coefficient (Wildman–Crippen LogP) is 4.80. The van der Waals surface area contributed by atoms with Crippen LogP contribution in [0.5, 0.6) is 0 Å². The zero-order valence-electron chi connectivity index (χ0n) is 20.4. The summed E-state index contributed by atoms with van der Waals surface area (Å²) in [5.74, 6) is 0.774. The van der Waals surface area contributed by atoms with Crippen LogP contribution in [-0.2, 0) is 24.4 Å². The van der Waals surface area contributed by atoms with Crippen molar-refractivity contribution in [2.45, 2.75) is 78.6 Å². The molecule has 3 heterocycles. The van der Waals surface area contributed by atoms with Gasteiger partial charge in [-0.2, -0.15) is 5.10 Å². The lowest BCUT2D eigenvalue weighted by atomic mass is 9.95. The Kier molecular flexibility index (Phi) is 8.39. The van der Waals surface area contributed by atoms with Gasteiger partial charge in [-0.15, -0.1) is 0 Å². The van der Waals surface area contributed by atoms with Crippen molar-refractivity contribution in [3.63, 3.8) is 0 Å². The van der Waals surface area contributed by atoms with E-state index in [2.05, 4.69) is 65.7 Å². The van der Waals surface area contributed by atoms with Crippen LogP contribution < -0.4 is 0 Å². The average Bonchev–Trinajstić information content (AvgIpc) is 3.41. The van der Waals surface area contributed by atoms with Gasteiger partial charge < -0.3 is 4.74 Å². The number of piperidine rings is 1. The van der Waals surface area contributed by atoms with Crippen molar-refractivity contribution < 1.29 is 4.74 Å². The Morgan fingerprint density at radius 3 is 2.59 bits per heavy atom. The molecule has 176 valence electrons. The Balaban J connectivity index is 1.33. The summed E-state index contributed by atoms with van der Waals surface area (Å²) in [6, 6.07) is 8.82. The van der Waals surface area contributed by atoms with E-state index in [-0.39, 0.29) is 0 Å². The van der Waals surface area contributed by atoms with E-state index < -0.39 is 0 Å². The summed E-state index contributed by atoms with van der Waals surface area (Å²) < 4.78 is 8.13. The van der Waals surface area contributed by atoms with Gasteiger partial charge in [0.25, 0.3) is 0 Å². The molecule has 5 heteroatoms. The van der Waals surface area contributed by atoms with Crippen LogP contribution in [0.4, 0.5) is 0 Å². The van der Waals surface area contributed by atoms with Crippen molar-refractivity contribution in [1.29, 1.82) is 0 Å². The van der Waals surface area contributed by atoms with Crippen LogP contribution in [0.3, 0.4) is 0 Å². The van der Waals surface area contributed by atoms with Gasteiger partial charge in [0, 0.05) is 51.1 Å². The van der Waals surface area contributed by atoms with E-state index in [1.54, 1.807) is 0 Å². The Bertz CT molecular complexity index is 834. The van der Waals surface area contributed by atoms with Gasteiger partial charge in [-0.3, -0.25) is 14.5 Å². The Hall–Kier alpha value is -1.69. The van der Waals surface area contributed by atoms with Gasteiger partial charge in [0.15, 0.2) is 0 Å². The Morgan fingerprint density at radius 2 is 1.88 bits per heavy atom. The zero-order chi connectivity index (χ0) is 22.3. The monoisotopic (exact) mass is 438 g/mol. The van der Waals surface area contributed by atoms with Crippen molar-refractivity contribution in [3.05, 3.63) is 52.8 Å². The molecule has 4 rings (SSSR count). The van der Waals surface area contributed by atoms with Crippen LogP contribution in [0.2, 0.25) is 0 Å². The van der Waals surface area contributed by atoms with Crippen LogP contribution in [0.1, 0.15) is 61.4 Å². The molecule has 0 saturated carbocycles. The molecule has 32 heavy (non-hydrogen) atoms.